The Morgan fingerprint density at radius 2 is 2.31 bits per heavy atom. The van der Waals surface area contributed by atoms with Crippen molar-refractivity contribution in [2.45, 2.75) is 13.3 Å². The van der Waals surface area contributed by atoms with Crippen LogP contribution < -0.4 is 4.74 Å². The fourth-order valence-electron chi connectivity index (χ4n) is 1.07. The third kappa shape index (κ3) is 2.12. The maximum atomic E-state index is 9.57. The largest absolute Gasteiger partial charge is 0.504 e. The standard InChI is InChI=1S/C10H11NO2/c1-2-13-9-5-3-4-8(6-7-11)10(9)12/h3-5,12H,2,6H2,1H3. The molecule has 0 radical (unpaired) electrons. The second-order valence-corrected chi connectivity index (χ2v) is 2.53. The molecule has 1 N–H and O–H groups in total. The number of phenolic OH excluding ortho intramolecular Hbond substituents is 1. The number of benzene rings is 1. The Morgan fingerprint density at radius 3 is 2.92 bits per heavy atom. The maximum absolute atomic E-state index is 9.57. The molecule has 0 aliphatic carbocycles. The SMILES string of the molecule is CCOc1cccc(CC#N)c1O. The molecule has 3 heteroatoms. The van der Waals surface area contributed by atoms with Gasteiger partial charge in [0.05, 0.1) is 19.1 Å². The van der Waals surface area contributed by atoms with Gasteiger partial charge in [0.15, 0.2) is 11.5 Å². The molecule has 0 unspecified atom stereocenters. The fourth-order valence-corrected chi connectivity index (χ4v) is 1.07. The second-order valence-electron chi connectivity index (χ2n) is 2.53. The molecule has 0 bridgehead atoms. The van der Waals surface area contributed by atoms with E-state index in [-0.39, 0.29) is 12.2 Å². The van der Waals surface area contributed by atoms with E-state index in [0.29, 0.717) is 17.9 Å². The lowest BCUT2D eigenvalue weighted by atomic mass is 10.1. The summed E-state index contributed by atoms with van der Waals surface area (Å²) in [6, 6.07) is 7.13. The Hall–Kier alpha value is -1.69. The quantitative estimate of drug-likeness (QED) is 0.766. The second kappa shape index (κ2) is 4.36. The predicted octanol–water partition coefficient (Wildman–Crippen LogP) is 1.86. The Labute approximate surface area is 77.2 Å². The van der Waals surface area contributed by atoms with Crippen molar-refractivity contribution in [1.82, 2.24) is 0 Å². The average molecular weight is 177 g/mol. The van der Waals surface area contributed by atoms with Crippen molar-refractivity contribution in [2.75, 3.05) is 6.61 Å². The summed E-state index contributed by atoms with van der Waals surface area (Å²) in [4.78, 5) is 0. The predicted molar refractivity (Wildman–Crippen MR) is 48.6 cm³/mol. The van der Waals surface area contributed by atoms with Crippen molar-refractivity contribution in [3.8, 4) is 17.6 Å². The van der Waals surface area contributed by atoms with Crippen LogP contribution in [0.2, 0.25) is 0 Å². The van der Waals surface area contributed by atoms with E-state index in [4.69, 9.17) is 10.00 Å². The van der Waals surface area contributed by atoms with Crippen molar-refractivity contribution < 1.29 is 9.84 Å². The number of phenols is 1. The molecule has 0 aliphatic rings. The van der Waals surface area contributed by atoms with Crippen molar-refractivity contribution >= 4 is 0 Å². The molecule has 3 nitrogen and oxygen atoms in total. The first-order valence-electron chi connectivity index (χ1n) is 4.10. The maximum Gasteiger partial charge on any atom is 0.161 e. The van der Waals surface area contributed by atoms with Crippen LogP contribution in [-0.2, 0) is 6.42 Å². The lowest BCUT2D eigenvalue weighted by Gasteiger charge is -2.07. The zero-order valence-electron chi connectivity index (χ0n) is 7.45. The Morgan fingerprint density at radius 1 is 1.54 bits per heavy atom. The molecule has 0 aromatic heterocycles. The molecule has 0 fully saturated rings. The molecule has 1 aromatic rings. The Balaban J connectivity index is 2.97. The Kier molecular flexibility index (Phi) is 3.15. The van der Waals surface area contributed by atoms with Crippen molar-refractivity contribution in [2.24, 2.45) is 0 Å². The van der Waals surface area contributed by atoms with E-state index in [9.17, 15) is 5.11 Å². The minimum atomic E-state index is 0.0749. The zero-order chi connectivity index (χ0) is 9.68. The lowest BCUT2D eigenvalue weighted by molar-refractivity contribution is 0.317. The van der Waals surface area contributed by atoms with Crippen molar-refractivity contribution in [3.63, 3.8) is 0 Å². The number of ether oxygens (including phenoxy) is 1. The van der Waals surface area contributed by atoms with Crippen LogP contribution in [0.4, 0.5) is 0 Å². The van der Waals surface area contributed by atoms with E-state index in [0.717, 1.165) is 0 Å². The molecule has 68 valence electrons. The van der Waals surface area contributed by atoms with Crippen LogP contribution >= 0.6 is 0 Å². The van der Waals surface area contributed by atoms with Gasteiger partial charge < -0.3 is 9.84 Å². The van der Waals surface area contributed by atoms with E-state index in [1.807, 2.05) is 13.0 Å². The summed E-state index contributed by atoms with van der Waals surface area (Å²) in [7, 11) is 0. The average Bonchev–Trinajstić information content (AvgIpc) is 2.13. The third-order valence-corrected chi connectivity index (χ3v) is 1.65. The van der Waals surface area contributed by atoms with Gasteiger partial charge in [-0.2, -0.15) is 5.26 Å². The normalized spacial score (nSPS) is 9.23. The molecule has 1 aromatic carbocycles. The summed E-state index contributed by atoms with van der Waals surface area (Å²) >= 11 is 0. The van der Waals surface area contributed by atoms with Crippen LogP contribution in [0.5, 0.6) is 11.5 Å². The summed E-state index contributed by atoms with van der Waals surface area (Å²) in [6.45, 7) is 2.35. The molecule has 0 heterocycles. The van der Waals surface area contributed by atoms with Crippen LogP contribution in [0.3, 0.4) is 0 Å². The van der Waals surface area contributed by atoms with Gasteiger partial charge in [-0.25, -0.2) is 0 Å². The third-order valence-electron chi connectivity index (χ3n) is 1.65. The molecule has 0 atom stereocenters. The van der Waals surface area contributed by atoms with Crippen LogP contribution in [-0.4, -0.2) is 11.7 Å². The van der Waals surface area contributed by atoms with Gasteiger partial charge in [0.2, 0.25) is 0 Å². The van der Waals surface area contributed by atoms with Gasteiger partial charge in [-0.05, 0) is 13.0 Å². The van der Waals surface area contributed by atoms with Crippen LogP contribution in [0.15, 0.2) is 18.2 Å². The molecule has 13 heavy (non-hydrogen) atoms. The van der Waals surface area contributed by atoms with Gasteiger partial charge in [-0.1, -0.05) is 12.1 Å². The molecule has 0 aliphatic heterocycles. The number of aromatic hydroxyl groups is 1. The van der Waals surface area contributed by atoms with E-state index in [1.54, 1.807) is 18.2 Å². The monoisotopic (exact) mass is 177 g/mol. The summed E-state index contributed by atoms with van der Waals surface area (Å²) < 4.78 is 5.16. The van der Waals surface area contributed by atoms with Gasteiger partial charge in [0.25, 0.3) is 0 Å². The van der Waals surface area contributed by atoms with Gasteiger partial charge in [-0.3, -0.25) is 0 Å². The number of hydrogen-bond acceptors (Lipinski definition) is 3. The number of nitrogens with zero attached hydrogens (tertiary/aromatic N) is 1. The highest BCUT2D eigenvalue weighted by Gasteiger charge is 2.06. The smallest absolute Gasteiger partial charge is 0.161 e. The van der Waals surface area contributed by atoms with E-state index >= 15 is 0 Å². The first-order chi connectivity index (χ1) is 6.29. The van der Waals surface area contributed by atoms with E-state index < -0.39 is 0 Å². The van der Waals surface area contributed by atoms with Gasteiger partial charge in [0, 0.05) is 5.56 Å². The number of rotatable bonds is 3. The van der Waals surface area contributed by atoms with E-state index in [1.165, 1.54) is 0 Å². The highest BCUT2D eigenvalue weighted by Crippen LogP contribution is 2.29. The van der Waals surface area contributed by atoms with Gasteiger partial charge in [0.1, 0.15) is 0 Å². The summed E-state index contributed by atoms with van der Waals surface area (Å²) in [5.74, 6) is 0.515. The molecule has 0 spiro atoms. The molecule has 0 amide bonds. The first-order valence-corrected chi connectivity index (χ1v) is 4.10. The molecular formula is C10H11NO2. The van der Waals surface area contributed by atoms with Crippen LogP contribution in [0.25, 0.3) is 0 Å². The topological polar surface area (TPSA) is 53.2 Å². The highest BCUT2D eigenvalue weighted by molar-refractivity contribution is 5.46. The Bertz CT molecular complexity index is 328. The summed E-state index contributed by atoms with van der Waals surface area (Å²) in [5.41, 5.74) is 0.605. The molecule has 1 rings (SSSR count). The van der Waals surface area contributed by atoms with Crippen molar-refractivity contribution in [3.05, 3.63) is 23.8 Å². The highest BCUT2D eigenvalue weighted by atomic mass is 16.5. The number of hydrogen-bond donors (Lipinski definition) is 1. The summed E-state index contributed by atoms with van der Waals surface area (Å²) in [5, 5.41) is 18.0. The lowest BCUT2D eigenvalue weighted by Crippen LogP contribution is -1.93. The minimum Gasteiger partial charge on any atom is -0.504 e. The van der Waals surface area contributed by atoms with E-state index in [2.05, 4.69) is 0 Å². The zero-order valence-corrected chi connectivity index (χ0v) is 7.45. The van der Waals surface area contributed by atoms with Crippen LogP contribution in [0.1, 0.15) is 12.5 Å². The number of nitriles is 1. The van der Waals surface area contributed by atoms with Crippen LogP contribution in [0, 0.1) is 11.3 Å². The summed E-state index contributed by atoms with van der Waals surface area (Å²) in [6.07, 6.45) is 0.201. The van der Waals surface area contributed by atoms with Gasteiger partial charge in [-0.15, -0.1) is 0 Å². The number of para-hydroxylation sites is 1. The first kappa shape index (κ1) is 9.40. The van der Waals surface area contributed by atoms with Gasteiger partial charge >= 0.3 is 0 Å². The molecular weight excluding hydrogens is 166 g/mol. The molecule has 0 saturated carbocycles. The van der Waals surface area contributed by atoms with Crippen molar-refractivity contribution in [1.29, 1.82) is 5.26 Å². The minimum absolute atomic E-state index is 0.0749. The fraction of sp³-hybridized carbons (Fsp3) is 0.300. The molecule has 0 saturated heterocycles.